The van der Waals surface area contributed by atoms with E-state index in [0.29, 0.717) is 38.2 Å². The molecule has 9 heteroatoms. The van der Waals surface area contributed by atoms with Crippen LogP contribution in [-0.2, 0) is 16.1 Å². The van der Waals surface area contributed by atoms with Gasteiger partial charge in [-0.2, -0.15) is 0 Å². The maximum atomic E-state index is 13.5. The molecule has 3 N–H and O–H groups in total. The van der Waals surface area contributed by atoms with Gasteiger partial charge in [0.1, 0.15) is 17.7 Å². The highest BCUT2D eigenvalue weighted by molar-refractivity contribution is 5.98. The third-order valence-electron chi connectivity index (χ3n) is 7.45. The van der Waals surface area contributed by atoms with Crippen LogP contribution in [0.25, 0.3) is 0 Å². The zero-order valence-corrected chi connectivity index (χ0v) is 21.2. The zero-order chi connectivity index (χ0) is 26.4. The number of methoxy groups -OCH3 is 1. The standard InChI is InChI=1S/C28H36F2N4O3/c1-37-15-14-33(17-19-2-6-21(29)7-3-19)25-16-26(27(35)32-24-12-10-23(31)11-13-24)34(18-25)28(36)20-4-8-22(30)9-5-20/h2-9,23-26H,10-18,31H2,1H3,(H,32,35). The van der Waals surface area contributed by atoms with E-state index in [-0.39, 0.29) is 35.8 Å². The highest BCUT2D eigenvalue weighted by Gasteiger charge is 2.42. The minimum Gasteiger partial charge on any atom is -0.383 e. The molecule has 200 valence electrons. The maximum absolute atomic E-state index is 13.5. The van der Waals surface area contributed by atoms with Crippen LogP contribution in [0.15, 0.2) is 48.5 Å². The number of halogens is 2. The van der Waals surface area contributed by atoms with Crippen molar-refractivity contribution in [1.29, 1.82) is 0 Å². The van der Waals surface area contributed by atoms with Crippen molar-refractivity contribution < 1.29 is 23.1 Å². The summed E-state index contributed by atoms with van der Waals surface area (Å²) >= 11 is 0. The molecule has 2 unspecified atom stereocenters. The van der Waals surface area contributed by atoms with Gasteiger partial charge >= 0.3 is 0 Å². The van der Waals surface area contributed by atoms with Crippen molar-refractivity contribution in [3.05, 3.63) is 71.3 Å². The van der Waals surface area contributed by atoms with Crippen molar-refractivity contribution in [2.45, 2.75) is 62.8 Å². The third-order valence-corrected chi connectivity index (χ3v) is 7.45. The van der Waals surface area contributed by atoms with Gasteiger partial charge in [-0.1, -0.05) is 12.1 Å². The van der Waals surface area contributed by atoms with Gasteiger partial charge in [0.25, 0.3) is 5.91 Å². The van der Waals surface area contributed by atoms with E-state index in [4.69, 9.17) is 10.5 Å². The molecule has 7 nitrogen and oxygen atoms in total. The first-order valence-corrected chi connectivity index (χ1v) is 12.9. The molecule has 4 rings (SSSR count). The molecular formula is C28H36F2N4O3. The number of benzene rings is 2. The molecule has 0 aromatic heterocycles. The van der Waals surface area contributed by atoms with E-state index in [1.165, 1.54) is 36.4 Å². The number of hydrogen-bond acceptors (Lipinski definition) is 5. The van der Waals surface area contributed by atoms with Crippen LogP contribution in [0.5, 0.6) is 0 Å². The number of ether oxygens (including phenoxy) is 1. The molecule has 2 amide bonds. The molecule has 0 spiro atoms. The predicted octanol–water partition coefficient (Wildman–Crippen LogP) is 3.08. The quantitative estimate of drug-likeness (QED) is 0.537. The fraction of sp³-hybridized carbons (Fsp3) is 0.500. The van der Waals surface area contributed by atoms with Gasteiger partial charge < -0.3 is 20.7 Å². The van der Waals surface area contributed by atoms with E-state index in [2.05, 4.69) is 10.2 Å². The first kappa shape index (κ1) is 27.2. The topological polar surface area (TPSA) is 87.9 Å². The zero-order valence-electron chi connectivity index (χ0n) is 21.2. The SMILES string of the molecule is COCCN(Cc1ccc(F)cc1)C1CC(C(=O)NC2CCC(N)CC2)N(C(=O)c2ccc(F)cc2)C1. The average molecular weight is 515 g/mol. The Morgan fingerprint density at radius 3 is 2.27 bits per heavy atom. The Balaban J connectivity index is 1.54. The molecule has 2 atom stereocenters. The van der Waals surface area contributed by atoms with Crippen LogP contribution in [0.1, 0.15) is 48.0 Å². The normalized spacial score (nSPS) is 23.9. The van der Waals surface area contributed by atoms with Gasteiger partial charge in [-0.15, -0.1) is 0 Å². The van der Waals surface area contributed by atoms with Crippen LogP contribution in [0.2, 0.25) is 0 Å². The smallest absolute Gasteiger partial charge is 0.254 e. The molecular weight excluding hydrogens is 478 g/mol. The first-order chi connectivity index (χ1) is 17.8. The van der Waals surface area contributed by atoms with Gasteiger partial charge in [-0.25, -0.2) is 8.78 Å². The van der Waals surface area contributed by atoms with Crippen molar-refractivity contribution in [2.75, 3.05) is 26.8 Å². The lowest BCUT2D eigenvalue weighted by Gasteiger charge is -2.30. The lowest BCUT2D eigenvalue weighted by molar-refractivity contribution is -0.125. The number of nitrogens with one attached hydrogen (secondary N) is 1. The van der Waals surface area contributed by atoms with E-state index >= 15 is 0 Å². The maximum Gasteiger partial charge on any atom is 0.254 e. The Bertz CT molecular complexity index is 1040. The molecule has 2 fully saturated rings. The minimum absolute atomic E-state index is 0.0398. The van der Waals surface area contributed by atoms with Gasteiger partial charge in [0.05, 0.1) is 6.61 Å². The lowest BCUT2D eigenvalue weighted by Crippen LogP contribution is -2.50. The number of amides is 2. The molecule has 2 aromatic rings. The Hall–Kier alpha value is -2.88. The van der Waals surface area contributed by atoms with E-state index in [1.54, 1.807) is 24.1 Å². The van der Waals surface area contributed by atoms with Crippen LogP contribution >= 0.6 is 0 Å². The van der Waals surface area contributed by atoms with E-state index in [0.717, 1.165) is 31.2 Å². The van der Waals surface area contributed by atoms with Gasteiger partial charge in [0, 0.05) is 50.4 Å². The molecule has 1 saturated carbocycles. The summed E-state index contributed by atoms with van der Waals surface area (Å²) in [6.45, 7) is 1.94. The summed E-state index contributed by atoms with van der Waals surface area (Å²) in [5.74, 6) is -1.20. The molecule has 1 saturated heterocycles. The van der Waals surface area contributed by atoms with Crippen LogP contribution in [0, 0.1) is 11.6 Å². The average Bonchev–Trinajstić information content (AvgIpc) is 3.35. The predicted molar refractivity (Wildman–Crippen MR) is 137 cm³/mol. The van der Waals surface area contributed by atoms with Crippen LogP contribution in [0.3, 0.4) is 0 Å². The first-order valence-electron chi connectivity index (χ1n) is 12.9. The number of carbonyl (C=O) groups is 2. The Morgan fingerprint density at radius 1 is 1.03 bits per heavy atom. The van der Waals surface area contributed by atoms with Crippen molar-refractivity contribution in [2.24, 2.45) is 5.73 Å². The molecule has 0 bridgehead atoms. The molecule has 2 aromatic carbocycles. The van der Waals surface area contributed by atoms with E-state index < -0.39 is 11.9 Å². The number of likely N-dealkylation sites (tertiary alicyclic amines) is 1. The van der Waals surface area contributed by atoms with Gasteiger partial charge in [0.2, 0.25) is 5.91 Å². The summed E-state index contributed by atoms with van der Waals surface area (Å²) in [4.78, 5) is 30.8. The minimum atomic E-state index is -0.656. The Labute approximate surface area is 216 Å². The second kappa shape index (κ2) is 12.6. The van der Waals surface area contributed by atoms with Gasteiger partial charge in [-0.3, -0.25) is 14.5 Å². The summed E-state index contributed by atoms with van der Waals surface area (Å²) in [6.07, 6.45) is 3.81. The van der Waals surface area contributed by atoms with Crippen LogP contribution < -0.4 is 11.1 Å². The third kappa shape index (κ3) is 7.12. The second-order valence-electron chi connectivity index (χ2n) is 10.1. The Morgan fingerprint density at radius 2 is 1.65 bits per heavy atom. The highest BCUT2D eigenvalue weighted by atomic mass is 19.1. The molecule has 0 radical (unpaired) electrons. The number of hydrogen-bond donors (Lipinski definition) is 2. The molecule has 37 heavy (non-hydrogen) atoms. The van der Waals surface area contributed by atoms with Crippen molar-refractivity contribution in [3.63, 3.8) is 0 Å². The molecule has 1 aliphatic heterocycles. The Kier molecular flexibility index (Phi) is 9.23. The number of nitrogens with two attached hydrogens (primary N) is 1. The number of carbonyl (C=O) groups excluding carboxylic acids is 2. The fourth-order valence-corrected chi connectivity index (χ4v) is 5.29. The van der Waals surface area contributed by atoms with Gasteiger partial charge in [-0.05, 0) is 74.1 Å². The fourth-order valence-electron chi connectivity index (χ4n) is 5.29. The van der Waals surface area contributed by atoms with Crippen LogP contribution in [0.4, 0.5) is 8.78 Å². The monoisotopic (exact) mass is 514 g/mol. The lowest BCUT2D eigenvalue weighted by atomic mass is 9.91. The molecule has 1 aliphatic carbocycles. The second-order valence-corrected chi connectivity index (χ2v) is 10.1. The summed E-state index contributed by atoms with van der Waals surface area (Å²) in [7, 11) is 1.63. The summed E-state index contributed by atoms with van der Waals surface area (Å²) < 4.78 is 32.3. The summed E-state index contributed by atoms with van der Waals surface area (Å²) in [6, 6.07) is 11.2. The van der Waals surface area contributed by atoms with Crippen molar-refractivity contribution in [1.82, 2.24) is 15.1 Å². The summed E-state index contributed by atoms with van der Waals surface area (Å²) in [5, 5.41) is 3.15. The number of rotatable bonds is 9. The summed E-state index contributed by atoms with van der Waals surface area (Å²) in [5.41, 5.74) is 7.29. The van der Waals surface area contributed by atoms with Crippen molar-refractivity contribution >= 4 is 11.8 Å². The highest BCUT2D eigenvalue weighted by Crippen LogP contribution is 2.27. The van der Waals surface area contributed by atoms with E-state index in [1.807, 2.05) is 0 Å². The van der Waals surface area contributed by atoms with Crippen LogP contribution in [-0.4, -0.2) is 72.6 Å². The van der Waals surface area contributed by atoms with E-state index in [9.17, 15) is 18.4 Å². The van der Waals surface area contributed by atoms with Crippen molar-refractivity contribution in [3.8, 4) is 0 Å². The number of nitrogens with zero attached hydrogens (tertiary/aromatic N) is 2. The molecule has 1 heterocycles. The largest absolute Gasteiger partial charge is 0.383 e. The van der Waals surface area contributed by atoms with Gasteiger partial charge in [0.15, 0.2) is 0 Å². The molecule has 2 aliphatic rings.